The molecule has 3 aliphatic rings. The van der Waals surface area contributed by atoms with Crippen LogP contribution in [0.5, 0.6) is 0 Å². The summed E-state index contributed by atoms with van der Waals surface area (Å²) >= 11 is 5.62. The molecule has 0 radical (unpaired) electrons. The third-order valence-electron chi connectivity index (χ3n) is 7.57. The molecule has 4 amide bonds. The van der Waals surface area contributed by atoms with Gasteiger partial charge in [0.05, 0.1) is 16.7 Å². The summed E-state index contributed by atoms with van der Waals surface area (Å²) in [6.45, 7) is 3.39. The molecule has 2 unspecified atom stereocenters. The number of nitrogens with one attached hydrogen (secondary N) is 1. The maximum absolute atomic E-state index is 13.1. The summed E-state index contributed by atoms with van der Waals surface area (Å²) < 4.78 is 39.3. The van der Waals surface area contributed by atoms with Crippen LogP contribution in [0, 0.1) is 5.41 Å². The molecule has 0 aromatic heterocycles. The van der Waals surface area contributed by atoms with E-state index in [0.717, 1.165) is 31.4 Å². The van der Waals surface area contributed by atoms with E-state index in [4.69, 9.17) is 11.6 Å². The lowest BCUT2D eigenvalue weighted by molar-refractivity contribution is -0.140. The molecular formula is C24H30ClF3N4O4. The fraction of sp³-hybridized carbons (Fsp3) is 0.625. The zero-order valence-corrected chi connectivity index (χ0v) is 20.7. The van der Waals surface area contributed by atoms with Crippen LogP contribution >= 0.6 is 11.6 Å². The first-order valence-corrected chi connectivity index (χ1v) is 12.5. The first-order chi connectivity index (χ1) is 16.9. The Kier molecular flexibility index (Phi) is 7.43. The summed E-state index contributed by atoms with van der Waals surface area (Å²) in [5.74, 6) is -0.329. The molecule has 12 heteroatoms. The fourth-order valence-corrected chi connectivity index (χ4v) is 5.24. The van der Waals surface area contributed by atoms with Gasteiger partial charge in [0.25, 0.3) is 0 Å². The zero-order chi connectivity index (χ0) is 26.3. The molecule has 198 valence electrons. The van der Waals surface area contributed by atoms with Crippen LogP contribution in [-0.4, -0.2) is 82.5 Å². The SMILES string of the molecule is CC1C(=O)N(CCCC(=O)N2CCC3(CC3)C(O)C2)CCN1C(=O)Nc1ccc(Cl)c(C(F)(F)F)c1. The Labute approximate surface area is 212 Å². The molecule has 2 atom stereocenters. The predicted molar refractivity (Wildman–Crippen MR) is 126 cm³/mol. The zero-order valence-electron chi connectivity index (χ0n) is 20.0. The van der Waals surface area contributed by atoms with Gasteiger partial charge < -0.3 is 25.1 Å². The lowest BCUT2D eigenvalue weighted by Gasteiger charge is -2.39. The maximum atomic E-state index is 13.1. The van der Waals surface area contributed by atoms with Crippen molar-refractivity contribution in [1.29, 1.82) is 0 Å². The van der Waals surface area contributed by atoms with Crippen LogP contribution < -0.4 is 5.32 Å². The minimum absolute atomic E-state index is 0.0273. The van der Waals surface area contributed by atoms with E-state index in [-0.39, 0.29) is 42.4 Å². The monoisotopic (exact) mass is 530 g/mol. The number of rotatable bonds is 5. The Balaban J connectivity index is 1.25. The van der Waals surface area contributed by atoms with Crippen molar-refractivity contribution in [3.8, 4) is 0 Å². The Bertz CT molecular complexity index is 1030. The highest BCUT2D eigenvalue weighted by Crippen LogP contribution is 2.53. The quantitative estimate of drug-likeness (QED) is 0.608. The number of nitrogens with zero attached hydrogens (tertiary/aromatic N) is 3. The molecule has 1 aromatic carbocycles. The van der Waals surface area contributed by atoms with E-state index in [9.17, 15) is 32.7 Å². The van der Waals surface area contributed by atoms with Crippen LogP contribution in [0.3, 0.4) is 0 Å². The van der Waals surface area contributed by atoms with Gasteiger partial charge in [0.2, 0.25) is 11.8 Å². The number of hydrogen-bond acceptors (Lipinski definition) is 4. The van der Waals surface area contributed by atoms with Crippen molar-refractivity contribution in [2.75, 3.05) is 38.0 Å². The number of urea groups is 1. The number of carbonyl (C=O) groups is 3. The molecule has 1 spiro atoms. The first-order valence-electron chi connectivity index (χ1n) is 12.1. The van der Waals surface area contributed by atoms with Gasteiger partial charge in [0, 0.05) is 44.8 Å². The molecule has 2 heterocycles. The number of likely N-dealkylation sites (tertiary alicyclic amines) is 1. The maximum Gasteiger partial charge on any atom is 0.417 e. The van der Waals surface area contributed by atoms with Crippen molar-refractivity contribution in [3.63, 3.8) is 0 Å². The number of carbonyl (C=O) groups excluding carboxylic acids is 3. The summed E-state index contributed by atoms with van der Waals surface area (Å²) in [4.78, 5) is 42.6. The van der Waals surface area contributed by atoms with E-state index in [2.05, 4.69) is 5.32 Å². The van der Waals surface area contributed by atoms with Crippen LogP contribution in [0.4, 0.5) is 23.7 Å². The normalized spacial score (nSPS) is 23.7. The molecule has 2 aliphatic heterocycles. The van der Waals surface area contributed by atoms with Gasteiger partial charge in [-0.2, -0.15) is 13.2 Å². The molecule has 36 heavy (non-hydrogen) atoms. The number of benzene rings is 1. The number of amides is 4. The largest absolute Gasteiger partial charge is 0.417 e. The van der Waals surface area contributed by atoms with Gasteiger partial charge >= 0.3 is 12.2 Å². The minimum Gasteiger partial charge on any atom is -0.391 e. The highest BCUT2D eigenvalue weighted by atomic mass is 35.5. The van der Waals surface area contributed by atoms with E-state index >= 15 is 0 Å². The Hall–Kier alpha value is -2.53. The van der Waals surface area contributed by atoms with Gasteiger partial charge in [-0.05, 0) is 56.2 Å². The topological polar surface area (TPSA) is 93.2 Å². The van der Waals surface area contributed by atoms with Gasteiger partial charge in [0.1, 0.15) is 6.04 Å². The van der Waals surface area contributed by atoms with Gasteiger partial charge in [-0.15, -0.1) is 0 Å². The van der Waals surface area contributed by atoms with E-state index in [1.165, 1.54) is 11.0 Å². The fourth-order valence-electron chi connectivity index (χ4n) is 5.01. The van der Waals surface area contributed by atoms with Crippen molar-refractivity contribution in [1.82, 2.24) is 14.7 Å². The van der Waals surface area contributed by atoms with Crippen LogP contribution in [-0.2, 0) is 15.8 Å². The summed E-state index contributed by atoms with van der Waals surface area (Å²) in [5, 5.41) is 12.2. The van der Waals surface area contributed by atoms with Gasteiger partial charge in [-0.25, -0.2) is 4.79 Å². The van der Waals surface area contributed by atoms with Crippen molar-refractivity contribution >= 4 is 35.1 Å². The van der Waals surface area contributed by atoms with Gasteiger partial charge in [-0.3, -0.25) is 9.59 Å². The van der Waals surface area contributed by atoms with Crippen molar-refractivity contribution in [2.24, 2.45) is 5.41 Å². The third kappa shape index (κ3) is 5.56. The van der Waals surface area contributed by atoms with E-state index in [0.29, 0.717) is 26.1 Å². The predicted octanol–water partition coefficient (Wildman–Crippen LogP) is 3.58. The van der Waals surface area contributed by atoms with Crippen molar-refractivity contribution in [3.05, 3.63) is 28.8 Å². The second kappa shape index (κ2) is 10.1. The summed E-state index contributed by atoms with van der Waals surface area (Å²) in [6, 6.07) is 1.59. The van der Waals surface area contributed by atoms with Crippen LogP contribution in [0.1, 0.15) is 44.6 Å². The number of piperazine rings is 1. The van der Waals surface area contributed by atoms with E-state index in [1.54, 1.807) is 16.7 Å². The number of aliphatic hydroxyl groups excluding tert-OH is 1. The number of aliphatic hydroxyl groups is 1. The van der Waals surface area contributed by atoms with E-state index < -0.39 is 34.9 Å². The number of anilines is 1. The Morgan fingerprint density at radius 3 is 2.56 bits per heavy atom. The molecule has 1 aliphatic carbocycles. The first kappa shape index (κ1) is 26.5. The second-order valence-corrected chi connectivity index (χ2v) is 10.3. The number of alkyl halides is 3. The number of halogens is 4. The average molecular weight is 531 g/mol. The van der Waals surface area contributed by atoms with Crippen LogP contribution in [0.15, 0.2) is 18.2 Å². The molecule has 8 nitrogen and oxygen atoms in total. The highest BCUT2D eigenvalue weighted by molar-refractivity contribution is 6.31. The van der Waals surface area contributed by atoms with Gasteiger partial charge in [0.15, 0.2) is 0 Å². The summed E-state index contributed by atoms with van der Waals surface area (Å²) in [7, 11) is 0. The van der Waals surface area contributed by atoms with Crippen LogP contribution in [0.2, 0.25) is 5.02 Å². The molecule has 0 bridgehead atoms. The number of hydrogen-bond donors (Lipinski definition) is 2. The summed E-state index contributed by atoms with van der Waals surface area (Å²) in [5.41, 5.74) is -1.11. The second-order valence-electron chi connectivity index (χ2n) is 9.89. The standard InChI is InChI=1S/C24H30ClF3N4O4/c1-15-21(35)30(9-2-3-20(34)31-10-8-23(6-7-23)19(33)14-31)11-12-32(15)22(36)29-16-4-5-18(25)17(13-16)24(26,27)28/h4-5,13,15,19,33H,2-3,6-12,14H2,1H3,(H,29,36). The third-order valence-corrected chi connectivity index (χ3v) is 7.90. The Morgan fingerprint density at radius 1 is 1.19 bits per heavy atom. The lowest BCUT2D eigenvalue weighted by atomic mass is 9.90. The molecular weight excluding hydrogens is 501 g/mol. The van der Waals surface area contributed by atoms with Crippen molar-refractivity contribution < 1.29 is 32.7 Å². The molecule has 2 N–H and O–H groups in total. The van der Waals surface area contributed by atoms with Crippen molar-refractivity contribution in [2.45, 2.75) is 57.3 Å². The smallest absolute Gasteiger partial charge is 0.391 e. The number of β-amino-alcohol motifs (C(OH)–C–C–N with tert-alkyl or cyclic N) is 1. The summed E-state index contributed by atoms with van der Waals surface area (Å²) in [6.07, 6.45) is -1.53. The average Bonchev–Trinajstić information content (AvgIpc) is 3.59. The van der Waals surface area contributed by atoms with E-state index in [1.807, 2.05) is 0 Å². The molecule has 3 fully saturated rings. The highest BCUT2D eigenvalue weighted by Gasteiger charge is 2.51. The minimum atomic E-state index is -4.67. The Morgan fingerprint density at radius 2 is 1.92 bits per heavy atom. The molecule has 4 rings (SSSR count). The van der Waals surface area contributed by atoms with Crippen LogP contribution in [0.25, 0.3) is 0 Å². The molecule has 1 saturated carbocycles. The molecule has 2 saturated heterocycles. The number of piperidine rings is 1. The molecule has 1 aromatic rings. The lowest BCUT2D eigenvalue weighted by Crippen LogP contribution is -2.58. The van der Waals surface area contributed by atoms with Gasteiger partial charge in [-0.1, -0.05) is 11.6 Å².